The van der Waals surface area contributed by atoms with Gasteiger partial charge in [0.2, 0.25) is 0 Å². The minimum atomic E-state index is 0.446. The van der Waals surface area contributed by atoms with Crippen molar-refractivity contribution in [3.8, 4) is 0 Å². The number of nitrogen functional groups attached to an aromatic ring is 1. The standard InChI is InChI=1S/C16H23N3/c1-4-16(7-8-16)10-19-14-6-5-12(17)9-13(14)18-15(19)11(2)3/h5-6,9,11H,4,7-8,10,17H2,1-3H3. The fourth-order valence-electron chi connectivity index (χ4n) is 2.91. The molecule has 0 unspecified atom stereocenters. The number of rotatable bonds is 4. The fourth-order valence-corrected chi connectivity index (χ4v) is 2.91. The molecule has 3 heteroatoms. The maximum Gasteiger partial charge on any atom is 0.112 e. The summed E-state index contributed by atoms with van der Waals surface area (Å²) in [6.45, 7) is 7.84. The molecule has 102 valence electrons. The second-order valence-corrected chi connectivity index (χ2v) is 6.31. The summed E-state index contributed by atoms with van der Waals surface area (Å²) in [6.07, 6.45) is 3.98. The van der Waals surface area contributed by atoms with Crippen molar-refractivity contribution in [1.29, 1.82) is 0 Å². The van der Waals surface area contributed by atoms with Crippen LogP contribution < -0.4 is 5.73 Å². The van der Waals surface area contributed by atoms with Crippen LogP contribution in [0.25, 0.3) is 11.0 Å². The van der Waals surface area contributed by atoms with Crippen LogP contribution in [0.1, 0.15) is 51.8 Å². The smallest absolute Gasteiger partial charge is 0.112 e. The normalized spacial score (nSPS) is 17.3. The Balaban J connectivity index is 2.11. The SMILES string of the molecule is CCC1(Cn2c(C(C)C)nc3cc(N)ccc32)CC1. The lowest BCUT2D eigenvalue weighted by Crippen LogP contribution is -2.14. The van der Waals surface area contributed by atoms with Crippen molar-refractivity contribution in [2.24, 2.45) is 5.41 Å². The van der Waals surface area contributed by atoms with Crippen LogP contribution >= 0.6 is 0 Å². The summed E-state index contributed by atoms with van der Waals surface area (Å²) in [5.41, 5.74) is 9.47. The molecule has 0 bridgehead atoms. The summed E-state index contributed by atoms with van der Waals surface area (Å²) in [4.78, 5) is 4.80. The van der Waals surface area contributed by atoms with Gasteiger partial charge in [-0.2, -0.15) is 0 Å². The van der Waals surface area contributed by atoms with E-state index in [0.717, 1.165) is 17.7 Å². The van der Waals surface area contributed by atoms with Gasteiger partial charge in [-0.05, 0) is 42.9 Å². The van der Waals surface area contributed by atoms with E-state index in [1.165, 1.54) is 30.6 Å². The van der Waals surface area contributed by atoms with Crippen molar-refractivity contribution in [2.45, 2.75) is 52.5 Å². The zero-order valence-electron chi connectivity index (χ0n) is 12.1. The van der Waals surface area contributed by atoms with Gasteiger partial charge in [-0.25, -0.2) is 4.98 Å². The van der Waals surface area contributed by atoms with E-state index in [9.17, 15) is 0 Å². The van der Waals surface area contributed by atoms with Crippen LogP contribution in [0.15, 0.2) is 18.2 Å². The third-order valence-corrected chi connectivity index (χ3v) is 4.52. The Morgan fingerprint density at radius 3 is 2.68 bits per heavy atom. The lowest BCUT2D eigenvalue weighted by atomic mass is 10.0. The minimum Gasteiger partial charge on any atom is -0.399 e. The van der Waals surface area contributed by atoms with Gasteiger partial charge < -0.3 is 10.3 Å². The van der Waals surface area contributed by atoms with E-state index >= 15 is 0 Å². The average molecular weight is 257 g/mol. The third-order valence-electron chi connectivity index (χ3n) is 4.52. The molecule has 0 radical (unpaired) electrons. The summed E-state index contributed by atoms with van der Waals surface area (Å²) in [5, 5.41) is 0. The minimum absolute atomic E-state index is 0.446. The number of aromatic nitrogens is 2. The summed E-state index contributed by atoms with van der Waals surface area (Å²) < 4.78 is 2.43. The van der Waals surface area contributed by atoms with Gasteiger partial charge in [-0.15, -0.1) is 0 Å². The number of imidazole rings is 1. The number of hydrogen-bond acceptors (Lipinski definition) is 2. The molecule has 1 aliphatic carbocycles. The van der Waals surface area contributed by atoms with Gasteiger partial charge in [-0.1, -0.05) is 20.8 Å². The number of hydrogen-bond donors (Lipinski definition) is 1. The maximum absolute atomic E-state index is 5.88. The number of nitrogens with two attached hydrogens (primary N) is 1. The summed E-state index contributed by atoms with van der Waals surface area (Å²) in [6, 6.07) is 6.09. The van der Waals surface area contributed by atoms with Gasteiger partial charge in [0, 0.05) is 18.2 Å². The molecule has 0 amide bonds. The lowest BCUT2D eigenvalue weighted by Gasteiger charge is -2.18. The number of nitrogens with zero attached hydrogens (tertiary/aromatic N) is 2. The van der Waals surface area contributed by atoms with Crippen molar-refractivity contribution in [1.82, 2.24) is 9.55 Å². The number of anilines is 1. The lowest BCUT2D eigenvalue weighted by molar-refractivity contribution is 0.404. The van der Waals surface area contributed by atoms with Gasteiger partial charge in [0.25, 0.3) is 0 Å². The van der Waals surface area contributed by atoms with Crippen molar-refractivity contribution in [3.05, 3.63) is 24.0 Å². The van der Waals surface area contributed by atoms with Gasteiger partial charge in [0.15, 0.2) is 0 Å². The van der Waals surface area contributed by atoms with Crippen LogP contribution in [0.4, 0.5) is 5.69 Å². The van der Waals surface area contributed by atoms with Gasteiger partial charge in [-0.3, -0.25) is 0 Å². The van der Waals surface area contributed by atoms with Crippen LogP contribution in [0.5, 0.6) is 0 Å². The van der Waals surface area contributed by atoms with E-state index in [2.05, 4.69) is 31.4 Å². The molecule has 2 N–H and O–H groups in total. The number of benzene rings is 1. The molecule has 19 heavy (non-hydrogen) atoms. The molecule has 1 saturated carbocycles. The third kappa shape index (κ3) is 2.11. The highest BCUT2D eigenvalue weighted by Crippen LogP contribution is 2.50. The van der Waals surface area contributed by atoms with Crippen LogP contribution in [-0.4, -0.2) is 9.55 Å². The molecular weight excluding hydrogens is 234 g/mol. The van der Waals surface area contributed by atoms with E-state index in [1.54, 1.807) is 0 Å². The molecule has 0 aliphatic heterocycles. The molecule has 3 rings (SSSR count). The van der Waals surface area contributed by atoms with Gasteiger partial charge in [0.05, 0.1) is 11.0 Å². The Morgan fingerprint density at radius 1 is 1.37 bits per heavy atom. The zero-order chi connectivity index (χ0) is 13.6. The molecule has 0 saturated heterocycles. The largest absolute Gasteiger partial charge is 0.399 e. The highest BCUT2D eigenvalue weighted by Gasteiger charge is 2.41. The molecule has 1 fully saturated rings. The van der Waals surface area contributed by atoms with E-state index in [0.29, 0.717) is 11.3 Å². The topological polar surface area (TPSA) is 43.8 Å². The highest BCUT2D eigenvalue weighted by molar-refractivity contribution is 5.79. The van der Waals surface area contributed by atoms with E-state index < -0.39 is 0 Å². The maximum atomic E-state index is 5.88. The first-order valence-corrected chi connectivity index (χ1v) is 7.30. The Bertz CT molecular complexity index is 606. The first-order chi connectivity index (χ1) is 9.04. The first kappa shape index (κ1) is 12.5. The molecule has 1 heterocycles. The van der Waals surface area contributed by atoms with Gasteiger partial charge >= 0.3 is 0 Å². The predicted molar refractivity (Wildman–Crippen MR) is 80.2 cm³/mol. The molecule has 1 aromatic carbocycles. The first-order valence-electron chi connectivity index (χ1n) is 7.30. The Labute approximate surface area is 114 Å². The van der Waals surface area contributed by atoms with Crippen LogP contribution in [0.2, 0.25) is 0 Å². The molecule has 1 aliphatic rings. The van der Waals surface area contributed by atoms with E-state index in [1.807, 2.05) is 12.1 Å². The molecule has 0 atom stereocenters. The Hall–Kier alpha value is -1.51. The zero-order valence-corrected chi connectivity index (χ0v) is 12.1. The molecule has 0 spiro atoms. The second-order valence-electron chi connectivity index (χ2n) is 6.31. The van der Waals surface area contributed by atoms with Crippen LogP contribution in [-0.2, 0) is 6.54 Å². The molecule has 3 nitrogen and oxygen atoms in total. The van der Waals surface area contributed by atoms with Crippen molar-refractivity contribution >= 4 is 16.7 Å². The summed E-state index contributed by atoms with van der Waals surface area (Å²) in [7, 11) is 0. The average Bonchev–Trinajstić information content (AvgIpc) is 3.06. The summed E-state index contributed by atoms with van der Waals surface area (Å²) in [5.74, 6) is 1.64. The highest BCUT2D eigenvalue weighted by atomic mass is 15.1. The van der Waals surface area contributed by atoms with Gasteiger partial charge in [0.1, 0.15) is 5.82 Å². The predicted octanol–water partition coefficient (Wildman–Crippen LogP) is 3.93. The Morgan fingerprint density at radius 2 is 2.11 bits per heavy atom. The van der Waals surface area contributed by atoms with Crippen molar-refractivity contribution in [2.75, 3.05) is 5.73 Å². The second kappa shape index (κ2) is 4.26. The number of fused-ring (bicyclic) bond motifs is 1. The fraction of sp³-hybridized carbons (Fsp3) is 0.562. The van der Waals surface area contributed by atoms with Crippen molar-refractivity contribution in [3.63, 3.8) is 0 Å². The molecule has 2 aromatic rings. The quantitative estimate of drug-likeness (QED) is 0.843. The van der Waals surface area contributed by atoms with E-state index in [-0.39, 0.29) is 0 Å². The van der Waals surface area contributed by atoms with Crippen LogP contribution in [0, 0.1) is 5.41 Å². The van der Waals surface area contributed by atoms with Crippen LogP contribution in [0.3, 0.4) is 0 Å². The van der Waals surface area contributed by atoms with Crippen molar-refractivity contribution < 1.29 is 0 Å². The van der Waals surface area contributed by atoms with E-state index in [4.69, 9.17) is 10.7 Å². The molecular formula is C16H23N3. The monoisotopic (exact) mass is 257 g/mol. The molecule has 1 aromatic heterocycles. The Kier molecular flexibility index (Phi) is 2.80. The summed E-state index contributed by atoms with van der Waals surface area (Å²) >= 11 is 0.